The SMILES string of the molecule is Cc1cc(SCC(=O)NCc2ccncc2)c(C)cc1Br. The van der Waals surface area contributed by atoms with E-state index < -0.39 is 0 Å². The van der Waals surface area contributed by atoms with E-state index in [1.165, 1.54) is 11.1 Å². The maximum absolute atomic E-state index is 11.9. The smallest absolute Gasteiger partial charge is 0.230 e. The highest BCUT2D eigenvalue weighted by molar-refractivity contribution is 9.10. The standard InChI is InChI=1S/C16H17BrN2OS/c1-11-8-15(12(2)7-14(11)17)21-10-16(20)19-9-13-3-5-18-6-4-13/h3-8H,9-10H2,1-2H3,(H,19,20). The molecule has 1 heterocycles. The first-order valence-corrected chi connectivity index (χ1v) is 8.39. The van der Waals surface area contributed by atoms with Crippen molar-refractivity contribution in [2.45, 2.75) is 25.3 Å². The van der Waals surface area contributed by atoms with Crippen LogP contribution in [0.1, 0.15) is 16.7 Å². The quantitative estimate of drug-likeness (QED) is 0.818. The van der Waals surface area contributed by atoms with E-state index in [1.54, 1.807) is 24.2 Å². The molecule has 0 spiro atoms. The monoisotopic (exact) mass is 364 g/mol. The van der Waals surface area contributed by atoms with Crippen molar-refractivity contribution in [1.82, 2.24) is 10.3 Å². The van der Waals surface area contributed by atoms with Crippen molar-refractivity contribution in [2.24, 2.45) is 0 Å². The molecular formula is C16H17BrN2OS. The third kappa shape index (κ3) is 4.86. The number of aromatic nitrogens is 1. The molecule has 0 saturated carbocycles. The summed E-state index contributed by atoms with van der Waals surface area (Å²) in [6.45, 7) is 4.65. The number of pyridine rings is 1. The van der Waals surface area contributed by atoms with Crippen molar-refractivity contribution in [3.63, 3.8) is 0 Å². The summed E-state index contributed by atoms with van der Waals surface area (Å²) in [5, 5.41) is 2.92. The molecule has 0 aliphatic rings. The van der Waals surface area contributed by atoms with E-state index in [9.17, 15) is 4.79 Å². The van der Waals surface area contributed by atoms with E-state index in [4.69, 9.17) is 0 Å². The minimum absolute atomic E-state index is 0.0387. The van der Waals surface area contributed by atoms with E-state index >= 15 is 0 Å². The van der Waals surface area contributed by atoms with Gasteiger partial charge in [0.15, 0.2) is 0 Å². The first-order chi connectivity index (χ1) is 10.1. The van der Waals surface area contributed by atoms with Crippen LogP contribution in [0.3, 0.4) is 0 Å². The van der Waals surface area contributed by atoms with Gasteiger partial charge in [-0.15, -0.1) is 11.8 Å². The second-order valence-corrected chi connectivity index (χ2v) is 6.66. The third-order valence-electron chi connectivity index (χ3n) is 3.05. The van der Waals surface area contributed by atoms with Gasteiger partial charge >= 0.3 is 0 Å². The zero-order chi connectivity index (χ0) is 15.2. The predicted octanol–water partition coefficient (Wildman–Crippen LogP) is 3.87. The van der Waals surface area contributed by atoms with E-state index in [-0.39, 0.29) is 5.91 Å². The Bertz CT molecular complexity index is 632. The Balaban J connectivity index is 1.85. The Morgan fingerprint density at radius 2 is 1.95 bits per heavy atom. The van der Waals surface area contributed by atoms with Gasteiger partial charge in [-0.05, 0) is 54.8 Å². The molecular weight excluding hydrogens is 348 g/mol. The molecule has 0 saturated heterocycles. The average Bonchev–Trinajstić information content (AvgIpc) is 2.48. The van der Waals surface area contributed by atoms with Gasteiger partial charge < -0.3 is 5.32 Å². The average molecular weight is 365 g/mol. The molecule has 110 valence electrons. The lowest BCUT2D eigenvalue weighted by atomic mass is 10.2. The second kappa shape index (κ2) is 7.61. The first kappa shape index (κ1) is 16.0. The normalized spacial score (nSPS) is 10.4. The van der Waals surface area contributed by atoms with Crippen molar-refractivity contribution >= 4 is 33.6 Å². The van der Waals surface area contributed by atoms with Crippen molar-refractivity contribution in [2.75, 3.05) is 5.75 Å². The van der Waals surface area contributed by atoms with Gasteiger partial charge in [-0.3, -0.25) is 9.78 Å². The summed E-state index contributed by atoms with van der Waals surface area (Å²) in [5.74, 6) is 0.462. The second-order valence-electron chi connectivity index (χ2n) is 4.79. The van der Waals surface area contributed by atoms with Gasteiger partial charge in [0.1, 0.15) is 0 Å². The molecule has 21 heavy (non-hydrogen) atoms. The van der Waals surface area contributed by atoms with E-state index in [0.29, 0.717) is 12.3 Å². The molecule has 0 aliphatic carbocycles. The summed E-state index contributed by atoms with van der Waals surface area (Å²) in [6, 6.07) is 8.00. The van der Waals surface area contributed by atoms with Crippen LogP contribution >= 0.6 is 27.7 Å². The molecule has 0 fully saturated rings. The van der Waals surface area contributed by atoms with Crippen LogP contribution in [-0.4, -0.2) is 16.6 Å². The molecule has 0 unspecified atom stereocenters. The lowest BCUT2D eigenvalue weighted by molar-refractivity contribution is -0.118. The van der Waals surface area contributed by atoms with Gasteiger partial charge in [-0.2, -0.15) is 0 Å². The number of rotatable bonds is 5. The van der Waals surface area contributed by atoms with Crippen LogP contribution in [0.25, 0.3) is 0 Å². The molecule has 1 aromatic carbocycles. The molecule has 0 aliphatic heterocycles. The molecule has 2 aromatic rings. The number of amides is 1. The highest BCUT2D eigenvalue weighted by atomic mass is 79.9. The summed E-state index contributed by atoms with van der Waals surface area (Å²) >= 11 is 5.09. The molecule has 1 N–H and O–H groups in total. The van der Waals surface area contributed by atoms with Gasteiger partial charge in [0.25, 0.3) is 0 Å². The van der Waals surface area contributed by atoms with Gasteiger partial charge in [0.05, 0.1) is 5.75 Å². The zero-order valence-corrected chi connectivity index (χ0v) is 14.4. The van der Waals surface area contributed by atoms with Crippen molar-refractivity contribution < 1.29 is 4.79 Å². The van der Waals surface area contributed by atoms with Gasteiger partial charge in [-0.1, -0.05) is 15.9 Å². The fourth-order valence-corrected chi connectivity index (χ4v) is 3.20. The van der Waals surface area contributed by atoms with Crippen molar-refractivity contribution in [1.29, 1.82) is 0 Å². The number of thioether (sulfide) groups is 1. The number of carbonyl (C=O) groups is 1. The summed E-state index contributed by atoms with van der Waals surface area (Å²) in [7, 11) is 0. The topological polar surface area (TPSA) is 42.0 Å². The Morgan fingerprint density at radius 3 is 2.67 bits per heavy atom. The summed E-state index contributed by atoms with van der Waals surface area (Å²) in [5.41, 5.74) is 3.42. The Morgan fingerprint density at radius 1 is 1.24 bits per heavy atom. The number of nitrogens with one attached hydrogen (secondary N) is 1. The molecule has 0 radical (unpaired) electrons. The third-order valence-corrected chi connectivity index (χ3v) is 5.07. The number of carbonyl (C=O) groups excluding carboxylic acids is 1. The summed E-state index contributed by atoms with van der Waals surface area (Å²) in [6.07, 6.45) is 3.45. The summed E-state index contributed by atoms with van der Waals surface area (Å²) < 4.78 is 1.10. The number of aryl methyl sites for hydroxylation is 2. The molecule has 3 nitrogen and oxygen atoms in total. The van der Waals surface area contributed by atoms with Crippen molar-refractivity contribution in [3.05, 3.63) is 57.8 Å². The van der Waals surface area contributed by atoms with E-state index in [0.717, 1.165) is 14.9 Å². The highest BCUT2D eigenvalue weighted by Crippen LogP contribution is 2.28. The molecule has 0 atom stereocenters. The van der Waals surface area contributed by atoms with Crippen LogP contribution in [0, 0.1) is 13.8 Å². The fourth-order valence-electron chi connectivity index (χ4n) is 1.81. The zero-order valence-electron chi connectivity index (χ0n) is 12.0. The summed E-state index contributed by atoms with van der Waals surface area (Å²) in [4.78, 5) is 17.0. The molecule has 1 amide bonds. The minimum atomic E-state index is 0.0387. The highest BCUT2D eigenvalue weighted by Gasteiger charge is 2.07. The minimum Gasteiger partial charge on any atom is -0.351 e. The first-order valence-electron chi connectivity index (χ1n) is 6.61. The predicted molar refractivity (Wildman–Crippen MR) is 90.4 cm³/mol. The van der Waals surface area contributed by atoms with Crippen LogP contribution in [0.4, 0.5) is 0 Å². The number of benzene rings is 1. The van der Waals surface area contributed by atoms with Crippen LogP contribution < -0.4 is 5.32 Å². The lowest BCUT2D eigenvalue weighted by Gasteiger charge is -2.09. The molecule has 2 rings (SSSR count). The number of hydrogen-bond acceptors (Lipinski definition) is 3. The maximum Gasteiger partial charge on any atom is 0.230 e. The van der Waals surface area contributed by atoms with Gasteiger partial charge in [0.2, 0.25) is 5.91 Å². The van der Waals surface area contributed by atoms with Crippen LogP contribution in [0.15, 0.2) is 46.0 Å². The number of nitrogens with zero attached hydrogens (tertiary/aromatic N) is 1. The number of halogens is 1. The molecule has 0 bridgehead atoms. The fraction of sp³-hybridized carbons (Fsp3) is 0.250. The Kier molecular flexibility index (Phi) is 5.82. The Hall–Kier alpha value is -1.33. The van der Waals surface area contributed by atoms with E-state index in [2.05, 4.69) is 52.2 Å². The van der Waals surface area contributed by atoms with Crippen LogP contribution in [0.2, 0.25) is 0 Å². The molecule has 5 heteroatoms. The van der Waals surface area contributed by atoms with Gasteiger partial charge in [0, 0.05) is 28.3 Å². The van der Waals surface area contributed by atoms with Gasteiger partial charge in [-0.25, -0.2) is 0 Å². The molecule has 1 aromatic heterocycles. The lowest BCUT2D eigenvalue weighted by Crippen LogP contribution is -2.24. The Labute approximate surface area is 137 Å². The number of hydrogen-bond donors (Lipinski definition) is 1. The maximum atomic E-state index is 11.9. The van der Waals surface area contributed by atoms with Crippen LogP contribution in [0.5, 0.6) is 0 Å². The van der Waals surface area contributed by atoms with Crippen LogP contribution in [-0.2, 0) is 11.3 Å². The van der Waals surface area contributed by atoms with Crippen molar-refractivity contribution in [3.8, 4) is 0 Å². The largest absolute Gasteiger partial charge is 0.351 e. The van der Waals surface area contributed by atoms with E-state index in [1.807, 2.05) is 12.1 Å².